The molecule has 1 aliphatic heterocycles. The van der Waals surface area contributed by atoms with E-state index in [1.54, 1.807) is 24.3 Å². The molecule has 0 aromatic heterocycles. The van der Waals surface area contributed by atoms with Gasteiger partial charge in [-0.25, -0.2) is 0 Å². The van der Waals surface area contributed by atoms with Crippen molar-refractivity contribution in [3.63, 3.8) is 0 Å². The SMILES string of the molecule is CCC(CC)C(=O)Nc1ccc([C@@H](O)[C@H]2COCC(=O)N2)cc1. The van der Waals surface area contributed by atoms with E-state index in [0.29, 0.717) is 11.3 Å². The van der Waals surface area contributed by atoms with Gasteiger partial charge in [0.1, 0.15) is 12.7 Å². The number of nitrogens with one attached hydrogen (secondary N) is 2. The molecular weight excluding hydrogens is 296 g/mol. The van der Waals surface area contributed by atoms with Gasteiger partial charge in [0.05, 0.1) is 12.6 Å². The number of carbonyl (C=O) groups is 2. The maximum Gasteiger partial charge on any atom is 0.246 e. The topological polar surface area (TPSA) is 87.7 Å². The van der Waals surface area contributed by atoms with Crippen molar-refractivity contribution in [2.75, 3.05) is 18.5 Å². The van der Waals surface area contributed by atoms with Crippen molar-refractivity contribution < 1.29 is 19.4 Å². The van der Waals surface area contributed by atoms with Gasteiger partial charge in [-0.3, -0.25) is 9.59 Å². The third kappa shape index (κ3) is 4.53. The molecule has 0 unspecified atom stereocenters. The highest BCUT2D eigenvalue weighted by Gasteiger charge is 2.26. The van der Waals surface area contributed by atoms with Crippen molar-refractivity contribution in [2.45, 2.75) is 38.8 Å². The second-order valence-electron chi connectivity index (χ2n) is 5.76. The van der Waals surface area contributed by atoms with Gasteiger partial charge in [-0.15, -0.1) is 0 Å². The molecular formula is C17H24N2O4. The van der Waals surface area contributed by atoms with E-state index in [-0.39, 0.29) is 30.9 Å². The van der Waals surface area contributed by atoms with E-state index in [4.69, 9.17) is 4.74 Å². The molecule has 6 nitrogen and oxygen atoms in total. The Bertz CT molecular complexity index is 540. The zero-order valence-electron chi connectivity index (χ0n) is 13.5. The van der Waals surface area contributed by atoms with Crippen LogP contribution >= 0.6 is 0 Å². The van der Waals surface area contributed by atoms with Crippen molar-refractivity contribution in [3.8, 4) is 0 Å². The molecule has 0 aliphatic carbocycles. The lowest BCUT2D eigenvalue weighted by Gasteiger charge is -2.28. The van der Waals surface area contributed by atoms with Crippen LogP contribution in [0.1, 0.15) is 38.4 Å². The zero-order valence-corrected chi connectivity index (χ0v) is 13.5. The lowest BCUT2D eigenvalue weighted by molar-refractivity contribution is -0.133. The van der Waals surface area contributed by atoms with Gasteiger partial charge in [0.25, 0.3) is 0 Å². The molecule has 2 rings (SSSR count). The number of hydrogen-bond acceptors (Lipinski definition) is 4. The number of aliphatic hydroxyl groups is 1. The summed E-state index contributed by atoms with van der Waals surface area (Å²) in [5.74, 6) is -0.208. The molecule has 126 valence electrons. The van der Waals surface area contributed by atoms with E-state index < -0.39 is 12.1 Å². The molecule has 0 radical (unpaired) electrons. The minimum absolute atomic E-state index is 0.00914. The number of benzene rings is 1. The van der Waals surface area contributed by atoms with Crippen LogP contribution in [0.15, 0.2) is 24.3 Å². The third-order valence-electron chi connectivity index (χ3n) is 4.13. The van der Waals surface area contributed by atoms with Crippen molar-refractivity contribution >= 4 is 17.5 Å². The van der Waals surface area contributed by atoms with Gasteiger partial charge in [-0.1, -0.05) is 26.0 Å². The van der Waals surface area contributed by atoms with Crippen LogP contribution < -0.4 is 10.6 Å². The molecule has 23 heavy (non-hydrogen) atoms. The number of hydrogen-bond donors (Lipinski definition) is 3. The average Bonchev–Trinajstić information content (AvgIpc) is 2.56. The van der Waals surface area contributed by atoms with Crippen LogP contribution in [0.25, 0.3) is 0 Å². The fourth-order valence-electron chi connectivity index (χ4n) is 2.64. The first kappa shape index (κ1) is 17.4. The first-order valence-corrected chi connectivity index (χ1v) is 8.01. The van der Waals surface area contributed by atoms with Gasteiger partial charge >= 0.3 is 0 Å². The molecule has 0 bridgehead atoms. The van der Waals surface area contributed by atoms with E-state index >= 15 is 0 Å². The Morgan fingerprint density at radius 1 is 1.35 bits per heavy atom. The Kier molecular flexibility index (Phi) is 6.12. The molecule has 2 atom stereocenters. The molecule has 1 aromatic carbocycles. The van der Waals surface area contributed by atoms with Crippen LogP contribution in [0.4, 0.5) is 5.69 Å². The first-order chi connectivity index (χ1) is 11.0. The van der Waals surface area contributed by atoms with Gasteiger partial charge in [0.15, 0.2) is 0 Å². The summed E-state index contributed by atoms with van der Waals surface area (Å²) in [6.07, 6.45) is 0.768. The summed E-state index contributed by atoms with van der Waals surface area (Å²) in [6.45, 7) is 4.30. The Morgan fingerprint density at radius 3 is 2.57 bits per heavy atom. The number of carbonyl (C=O) groups excluding carboxylic acids is 2. The van der Waals surface area contributed by atoms with E-state index in [1.165, 1.54) is 0 Å². The summed E-state index contributed by atoms with van der Waals surface area (Å²) in [6, 6.07) is 6.54. The second-order valence-corrected chi connectivity index (χ2v) is 5.76. The minimum Gasteiger partial charge on any atom is -0.386 e. The van der Waals surface area contributed by atoms with Gasteiger partial charge < -0.3 is 20.5 Å². The molecule has 0 saturated carbocycles. The monoisotopic (exact) mass is 320 g/mol. The number of amides is 2. The molecule has 1 aromatic rings. The number of morpholine rings is 1. The molecule has 1 fully saturated rings. The predicted molar refractivity (Wildman–Crippen MR) is 86.9 cm³/mol. The van der Waals surface area contributed by atoms with Crippen molar-refractivity contribution in [1.82, 2.24) is 5.32 Å². The third-order valence-corrected chi connectivity index (χ3v) is 4.13. The number of aliphatic hydroxyl groups excluding tert-OH is 1. The van der Waals surface area contributed by atoms with Crippen molar-refractivity contribution in [3.05, 3.63) is 29.8 Å². The van der Waals surface area contributed by atoms with Gasteiger partial charge in [0.2, 0.25) is 11.8 Å². The summed E-state index contributed by atoms with van der Waals surface area (Å²) in [5, 5.41) is 15.9. The summed E-state index contributed by atoms with van der Waals surface area (Å²) in [7, 11) is 0. The summed E-state index contributed by atoms with van der Waals surface area (Å²) >= 11 is 0. The summed E-state index contributed by atoms with van der Waals surface area (Å²) in [4.78, 5) is 23.4. The Balaban J connectivity index is 1.98. The molecule has 6 heteroatoms. The lowest BCUT2D eigenvalue weighted by Crippen LogP contribution is -2.48. The quantitative estimate of drug-likeness (QED) is 0.743. The van der Waals surface area contributed by atoms with Gasteiger partial charge in [-0.2, -0.15) is 0 Å². The van der Waals surface area contributed by atoms with E-state index in [1.807, 2.05) is 13.8 Å². The Labute approximate surface area is 136 Å². The van der Waals surface area contributed by atoms with E-state index in [2.05, 4.69) is 10.6 Å². The highest BCUT2D eigenvalue weighted by atomic mass is 16.5. The van der Waals surface area contributed by atoms with Crippen LogP contribution in [0.5, 0.6) is 0 Å². The van der Waals surface area contributed by atoms with Crippen LogP contribution in [0, 0.1) is 5.92 Å². The molecule has 1 saturated heterocycles. The molecule has 3 N–H and O–H groups in total. The molecule has 1 heterocycles. The van der Waals surface area contributed by atoms with Crippen LogP contribution in [0.3, 0.4) is 0 Å². The van der Waals surface area contributed by atoms with Crippen LogP contribution in [-0.2, 0) is 14.3 Å². The summed E-state index contributed by atoms with van der Waals surface area (Å²) < 4.78 is 5.14. The maximum atomic E-state index is 12.1. The van der Waals surface area contributed by atoms with Gasteiger partial charge in [-0.05, 0) is 30.5 Å². The zero-order chi connectivity index (χ0) is 16.8. The fourth-order valence-corrected chi connectivity index (χ4v) is 2.64. The first-order valence-electron chi connectivity index (χ1n) is 8.01. The number of rotatable bonds is 6. The van der Waals surface area contributed by atoms with Crippen LogP contribution in [-0.4, -0.2) is 36.2 Å². The fraction of sp³-hybridized carbons (Fsp3) is 0.529. The number of anilines is 1. The maximum absolute atomic E-state index is 12.1. The smallest absolute Gasteiger partial charge is 0.246 e. The minimum atomic E-state index is -0.844. The van der Waals surface area contributed by atoms with Gasteiger partial charge in [0, 0.05) is 11.6 Å². The van der Waals surface area contributed by atoms with Crippen LogP contribution in [0.2, 0.25) is 0 Å². The van der Waals surface area contributed by atoms with E-state index in [9.17, 15) is 14.7 Å². The van der Waals surface area contributed by atoms with E-state index in [0.717, 1.165) is 12.8 Å². The highest BCUT2D eigenvalue weighted by Crippen LogP contribution is 2.21. The largest absolute Gasteiger partial charge is 0.386 e. The molecule has 0 spiro atoms. The lowest BCUT2D eigenvalue weighted by atomic mass is 10.0. The Hall–Kier alpha value is -1.92. The average molecular weight is 320 g/mol. The molecule has 2 amide bonds. The molecule has 1 aliphatic rings. The summed E-state index contributed by atoms with van der Waals surface area (Å²) in [5.41, 5.74) is 1.36. The predicted octanol–water partition coefficient (Wildman–Crippen LogP) is 1.61. The second kappa shape index (κ2) is 8.08. The van der Waals surface area contributed by atoms with Crippen molar-refractivity contribution in [2.24, 2.45) is 5.92 Å². The van der Waals surface area contributed by atoms with Crippen molar-refractivity contribution in [1.29, 1.82) is 0 Å². The Morgan fingerprint density at radius 2 is 2.00 bits per heavy atom. The highest BCUT2D eigenvalue weighted by molar-refractivity contribution is 5.92. The number of ether oxygens (including phenoxy) is 1. The normalized spacial score (nSPS) is 19.3. The standard InChI is InChI=1S/C17H24N2O4/c1-3-11(4-2)17(22)18-13-7-5-12(6-8-13)16(21)14-9-23-10-15(20)19-14/h5-8,11,14,16,21H,3-4,9-10H2,1-2H3,(H,18,22)(H,19,20)/t14-,16-/m1/s1.